The van der Waals surface area contributed by atoms with E-state index in [0.29, 0.717) is 12.1 Å². The van der Waals surface area contributed by atoms with Gasteiger partial charge < -0.3 is 14.9 Å². The van der Waals surface area contributed by atoms with Crippen LogP contribution in [0.1, 0.15) is 43.2 Å². The number of hydrogen-bond acceptors (Lipinski definition) is 5. The van der Waals surface area contributed by atoms with Gasteiger partial charge in [-0.2, -0.15) is 26.3 Å². The summed E-state index contributed by atoms with van der Waals surface area (Å²) in [6, 6.07) is 7.52. The number of halogens is 7. The van der Waals surface area contributed by atoms with E-state index in [4.69, 9.17) is 0 Å². The minimum atomic E-state index is -6.36. The number of aliphatic carboxylic acids is 1. The Hall–Kier alpha value is -3.36. The second-order valence-corrected chi connectivity index (χ2v) is 13.9. The van der Waals surface area contributed by atoms with Gasteiger partial charge in [-0.3, -0.25) is 9.59 Å². The summed E-state index contributed by atoms with van der Waals surface area (Å²) in [7, 11) is -3.13. The maximum absolute atomic E-state index is 15.1. The number of likely N-dealkylation sites (N-methyl/N-ethyl adjacent to an activating group) is 1. The van der Waals surface area contributed by atoms with E-state index in [-0.39, 0.29) is 61.3 Å². The van der Waals surface area contributed by atoms with Crippen LogP contribution in [-0.2, 0) is 29.8 Å². The third-order valence-corrected chi connectivity index (χ3v) is 11.9. The minimum Gasteiger partial charge on any atom is -0.481 e. The SMILES string of the molecule is CN1CC2N(C(=O)[C@H]3CC[C@H](C(=O)O)CC3)CCC2(S(=O)(=O)c2ccccc2)c2ccc(C(F)(C(F)(F)F)C(F)(F)F)cc21. The molecule has 0 spiro atoms. The van der Waals surface area contributed by atoms with Gasteiger partial charge in [0, 0.05) is 37.3 Å². The van der Waals surface area contributed by atoms with Gasteiger partial charge in [0.2, 0.25) is 5.91 Å². The van der Waals surface area contributed by atoms with Crippen LogP contribution in [0.2, 0.25) is 0 Å². The highest BCUT2D eigenvalue weighted by Gasteiger charge is 2.74. The Labute approximate surface area is 248 Å². The maximum atomic E-state index is 15.1. The molecule has 2 aromatic carbocycles. The van der Waals surface area contributed by atoms with Crippen molar-refractivity contribution < 1.29 is 53.8 Å². The monoisotopic (exact) mass is 650 g/mol. The van der Waals surface area contributed by atoms with Crippen molar-refractivity contribution in [3.63, 3.8) is 0 Å². The first-order chi connectivity index (χ1) is 20.4. The fraction of sp³-hybridized carbons (Fsp3) is 0.517. The second-order valence-electron chi connectivity index (χ2n) is 11.7. The first kappa shape index (κ1) is 32.0. The highest BCUT2D eigenvalue weighted by Crippen LogP contribution is 2.57. The maximum Gasteiger partial charge on any atom is 0.435 e. The van der Waals surface area contributed by atoms with Crippen LogP contribution in [0.4, 0.5) is 36.4 Å². The molecule has 2 fully saturated rings. The van der Waals surface area contributed by atoms with Gasteiger partial charge in [0.1, 0.15) is 4.75 Å². The molecule has 7 nitrogen and oxygen atoms in total. The molecule has 2 heterocycles. The molecule has 1 saturated heterocycles. The topological polar surface area (TPSA) is 95.0 Å². The molecule has 1 saturated carbocycles. The van der Waals surface area contributed by atoms with Gasteiger partial charge in [-0.25, -0.2) is 12.8 Å². The van der Waals surface area contributed by atoms with Crippen LogP contribution in [0.15, 0.2) is 53.4 Å². The van der Waals surface area contributed by atoms with Crippen LogP contribution in [0.5, 0.6) is 0 Å². The average molecular weight is 651 g/mol. The first-order valence-electron chi connectivity index (χ1n) is 13.9. The van der Waals surface area contributed by atoms with Crippen LogP contribution < -0.4 is 4.90 Å². The van der Waals surface area contributed by atoms with Crippen molar-refractivity contribution in [2.24, 2.45) is 11.8 Å². The zero-order chi connectivity index (χ0) is 32.5. The first-order valence-corrected chi connectivity index (χ1v) is 15.4. The highest BCUT2D eigenvalue weighted by molar-refractivity contribution is 7.92. The number of nitrogens with zero attached hydrogens (tertiary/aromatic N) is 2. The third kappa shape index (κ3) is 4.64. The molecule has 3 aliphatic rings. The summed E-state index contributed by atoms with van der Waals surface area (Å²) in [5.41, 5.74) is -7.93. The van der Waals surface area contributed by atoms with E-state index >= 15 is 4.39 Å². The van der Waals surface area contributed by atoms with E-state index in [0.717, 1.165) is 6.07 Å². The van der Waals surface area contributed by atoms with Gasteiger partial charge in [0.05, 0.1) is 16.9 Å². The number of alkyl halides is 7. The van der Waals surface area contributed by atoms with Crippen molar-refractivity contribution in [3.05, 3.63) is 59.7 Å². The Kier molecular flexibility index (Phi) is 7.74. The number of anilines is 1. The summed E-state index contributed by atoms with van der Waals surface area (Å²) < 4.78 is 124. The van der Waals surface area contributed by atoms with Gasteiger partial charge in [-0.15, -0.1) is 0 Å². The summed E-state index contributed by atoms with van der Waals surface area (Å²) >= 11 is 0. The van der Waals surface area contributed by atoms with Gasteiger partial charge in [0.15, 0.2) is 9.84 Å². The lowest BCUT2D eigenvalue weighted by Gasteiger charge is -2.47. The number of hydrogen-bond donors (Lipinski definition) is 1. The molecule has 0 aromatic heterocycles. The number of benzene rings is 2. The second kappa shape index (κ2) is 10.6. The Morgan fingerprint density at radius 1 is 0.886 bits per heavy atom. The number of carbonyl (C=O) groups excluding carboxylic acids is 1. The Morgan fingerprint density at radius 3 is 2.00 bits per heavy atom. The molecule has 1 amide bonds. The number of amides is 1. The zero-order valence-corrected chi connectivity index (χ0v) is 24.1. The summed E-state index contributed by atoms with van der Waals surface area (Å²) in [6.07, 6.45) is -11.9. The molecule has 5 rings (SSSR count). The lowest BCUT2D eigenvalue weighted by molar-refractivity contribution is -0.348. The van der Waals surface area contributed by atoms with Crippen LogP contribution in [0, 0.1) is 11.8 Å². The predicted octanol–water partition coefficient (Wildman–Crippen LogP) is 5.59. The molecule has 240 valence electrons. The van der Waals surface area contributed by atoms with Gasteiger partial charge in [-0.05, 0) is 55.9 Å². The molecule has 2 aliphatic heterocycles. The Balaban J connectivity index is 1.65. The Bertz CT molecular complexity index is 1540. The minimum absolute atomic E-state index is 0.0817. The van der Waals surface area contributed by atoms with Crippen molar-refractivity contribution in [2.75, 3.05) is 25.0 Å². The summed E-state index contributed by atoms with van der Waals surface area (Å²) in [4.78, 5) is 27.7. The molecule has 0 radical (unpaired) electrons. The average Bonchev–Trinajstić information content (AvgIpc) is 3.36. The van der Waals surface area contributed by atoms with Crippen molar-refractivity contribution in [1.82, 2.24) is 4.90 Å². The number of carbonyl (C=O) groups is 2. The molecule has 44 heavy (non-hydrogen) atoms. The number of fused-ring (bicyclic) bond motifs is 3. The fourth-order valence-electron chi connectivity index (χ4n) is 7.04. The normalized spacial score (nSPS) is 26.2. The molecular formula is C29H29F7N2O5S. The van der Waals surface area contributed by atoms with E-state index < -0.39 is 67.9 Å². The van der Waals surface area contributed by atoms with E-state index in [1.54, 1.807) is 6.07 Å². The lowest BCUT2D eigenvalue weighted by atomic mass is 9.80. The van der Waals surface area contributed by atoms with Crippen molar-refractivity contribution in [3.8, 4) is 0 Å². The number of sulfone groups is 1. The molecule has 2 unspecified atom stereocenters. The van der Waals surface area contributed by atoms with E-state index in [2.05, 4.69) is 0 Å². The van der Waals surface area contributed by atoms with Gasteiger partial charge >= 0.3 is 24.0 Å². The largest absolute Gasteiger partial charge is 0.481 e. The smallest absolute Gasteiger partial charge is 0.435 e. The lowest BCUT2D eigenvalue weighted by Crippen LogP contribution is -2.58. The Morgan fingerprint density at radius 2 is 1.45 bits per heavy atom. The predicted molar refractivity (Wildman–Crippen MR) is 143 cm³/mol. The highest BCUT2D eigenvalue weighted by atomic mass is 32.2. The van der Waals surface area contributed by atoms with Crippen LogP contribution >= 0.6 is 0 Å². The van der Waals surface area contributed by atoms with Crippen LogP contribution in [-0.4, -0.2) is 68.8 Å². The summed E-state index contributed by atoms with van der Waals surface area (Å²) in [5.74, 6) is -2.55. The molecule has 0 bridgehead atoms. The van der Waals surface area contributed by atoms with Crippen molar-refractivity contribution in [2.45, 2.75) is 65.8 Å². The van der Waals surface area contributed by atoms with E-state index in [1.807, 2.05) is 0 Å². The fourth-order valence-corrected chi connectivity index (χ4v) is 9.36. The van der Waals surface area contributed by atoms with Crippen LogP contribution in [0.3, 0.4) is 0 Å². The molecule has 15 heteroatoms. The molecule has 1 aliphatic carbocycles. The molecule has 2 aromatic rings. The number of likely N-dealkylation sites (tertiary alicyclic amines) is 1. The number of carboxylic acids is 1. The molecule has 1 N–H and O–H groups in total. The van der Waals surface area contributed by atoms with E-state index in [9.17, 15) is 49.5 Å². The number of carboxylic acid groups (broad SMARTS) is 1. The van der Waals surface area contributed by atoms with Crippen molar-refractivity contribution in [1.29, 1.82) is 0 Å². The third-order valence-electron chi connectivity index (χ3n) is 9.37. The summed E-state index contributed by atoms with van der Waals surface area (Å²) in [6.45, 7) is -0.363. The quantitative estimate of drug-likeness (QED) is 0.425. The van der Waals surface area contributed by atoms with E-state index in [1.165, 1.54) is 41.1 Å². The molecular weight excluding hydrogens is 621 g/mol. The van der Waals surface area contributed by atoms with Crippen molar-refractivity contribution >= 4 is 27.4 Å². The standard InChI is InChI=1S/C29H29F7N2O5S/c1-37-16-23-26(44(42,43)20-5-3-2-4-6-20,13-14-38(23)24(39)17-7-9-18(10-8-17)25(40)41)21-12-11-19(15-22(21)37)27(30,28(31,32)33)29(34,35)36/h2-6,11-12,15,17-18,23H,7-10,13-14,16H2,1H3,(H,40,41)/t17-,18-,23?,26?. The van der Waals surface area contributed by atoms with Gasteiger partial charge in [-0.1, -0.05) is 30.3 Å². The van der Waals surface area contributed by atoms with Crippen LogP contribution in [0.25, 0.3) is 0 Å². The summed E-state index contributed by atoms with van der Waals surface area (Å²) in [5, 5.41) is 9.33. The molecule has 2 atom stereocenters. The zero-order valence-electron chi connectivity index (χ0n) is 23.3. The van der Waals surface area contributed by atoms with Gasteiger partial charge in [0.25, 0.3) is 0 Å². The number of rotatable bonds is 5.